The lowest BCUT2D eigenvalue weighted by Gasteiger charge is -2.19. The molecule has 0 saturated carbocycles. The van der Waals surface area contributed by atoms with Crippen molar-refractivity contribution in [2.45, 2.75) is 12.8 Å². The molecular weight excluding hydrogens is 771 g/mol. The smallest absolute Gasteiger partial charge is 0.160 e. The highest BCUT2D eigenvalue weighted by Crippen LogP contribution is 2.45. The minimum Gasteiger partial charge on any atom is -0.312 e. The van der Waals surface area contributed by atoms with Gasteiger partial charge >= 0.3 is 0 Å². The fourth-order valence-corrected chi connectivity index (χ4v) is 10.0. The number of benzene rings is 8. The van der Waals surface area contributed by atoms with Gasteiger partial charge in [0.15, 0.2) is 5.82 Å². The second kappa shape index (κ2) is 15.1. The first kappa shape index (κ1) is 30.4. The maximum absolute atomic E-state index is 9.72. The Balaban J connectivity index is 1.15. The van der Waals surface area contributed by atoms with Crippen LogP contribution >= 0.6 is 11.3 Å². The first-order valence-electron chi connectivity index (χ1n) is 23.8. The molecule has 1 aliphatic carbocycles. The third-order valence-corrected chi connectivity index (χ3v) is 13.0. The molecule has 1 aliphatic rings. The fraction of sp³-hybridized carbons (Fsp3) is 0.0345. The van der Waals surface area contributed by atoms with Crippen molar-refractivity contribution in [3.63, 3.8) is 0 Å². The highest BCUT2D eigenvalue weighted by Gasteiger charge is 2.23. The average molecular weight is 816 g/mol. The van der Waals surface area contributed by atoms with E-state index in [1.807, 2.05) is 78.9 Å². The SMILES string of the molecule is [2H]c1cc([2H])c2sc3c(-c4cc(-c5cc(-c6cccc(-c7ccccc7)c6)nc(-c6cccc(-c7ccccc7)c6)n5)ccc4-n4c5c(c6ccccc64)C=CCC5)c([2H])c([2H])c([2H])c3c2c1[2H]. The number of hydrogen-bond acceptors (Lipinski definition) is 3. The van der Waals surface area contributed by atoms with Gasteiger partial charge in [-0.05, 0) is 77.5 Å². The standard InChI is InChI=1S/C58H39N3S/c1-3-16-38(17-4-1)40-20-13-22-42(34-40)51-37-52(60-58(59-51)44-23-14-21-41(35-44)39-18-5-2-6-19-39)43-32-33-55(61-53-29-10-7-24-45(53)46-25-8-11-30-54(46)61)50(36-43)49-28-15-27-48-47-26-9-12-31-56(47)62-57(48)49/h1-10,12-29,31-37H,11,30H2/i9D,15D,26D,27D,28D,31D. The van der Waals surface area contributed by atoms with Crippen LogP contribution in [0.1, 0.15) is 25.9 Å². The van der Waals surface area contributed by atoms with Gasteiger partial charge in [-0.25, -0.2) is 9.97 Å². The number of rotatable bonds is 7. The molecule has 0 bridgehead atoms. The van der Waals surface area contributed by atoms with Crippen molar-refractivity contribution in [1.29, 1.82) is 0 Å². The second-order valence-corrected chi connectivity index (χ2v) is 16.6. The van der Waals surface area contributed by atoms with Gasteiger partial charge in [-0.1, -0.05) is 170 Å². The summed E-state index contributed by atoms with van der Waals surface area (Å²) in [6, 6.07) is 54.3. The Morgan fingerprint density at radius 1 is 0.500 bits per heavy atom. The third-order valence-electron chi connectivity index (χ3n) is 11.9. The van der Waals surface area contributed by atoms with Crippen LogP contribution < -0.4 is 0 Å². The van der Waals surface area contributed by atoms with Crippen LogP contribution in [0.3, 0.4) is 0 Å². The van der Waals surface area contributed by atoms with Crippen molar-refractivity contribution >= 4 is 48.5 Å². The molecule has 3 aromatic heterocycles. The number of aromatic nitrogens is 3. The molecule has 0 radical (unpaired) electrons. The van der Waals surface area contributed by atoms with Gasteiger partial charge < -0.3 is 4.57 Å². The largest absolute Gasteiger partial charge is 0.312 e. The van der Waals surface area contributed by atoms with Crippen LogP contribution in [0.25, 0.3) is 110 Å². The minimum atomic E-state index is -0.282. The Bertz CT molecular complexity index is 3780. The van der Waals surface area contributed by atoms with Crippen molar-refractivity contribution in [2.75, 3.05) is 0 Å². The number of thiophene rings is 1. The van der Waals surface area contributed by atoms with E-state index in [2.05, 4.69) is 95.6 Å². The van der Waals surface area contributed by atoms with E-state index in [0.29, 0.717) is 42.8 Å². The van der Waals surface area contributed by atoms with Gasteiger partial charge in [0.1, 0.15) is 0 Å². The number of fused-ring (bicyclic) bond motifs is 6. The molecule has 3 nitrogen and oxygen atoms in total. The molecule has 0 spiro atoms. The predicted octanol–water partition coefficient (Wildman–Crippen LogP) is 15.7. The van der Waals surface area contributed by atoms with Crippen molar-refractivity contribution in [1.82, 2.24) is 14.5 Å². The predicted molar refractivity (Wildman–Crippen MR) is 262 cm³/mol. The summed E-state index contributed by atoms with van der Waals surface area (Å²) in [6.07, 6.45) is 6.05. The van der Waals surface area contributed by atoms with Crippen LogP contribution in [-0.2, 0) is 6.42 Å². The quantitative estimate of drug-likeness (QED) is 0.160. The van der Waals surface area contributed by atoms with E-state index in [4.69, 9.17) is 14.1 Å². The van der Waals surface area contributed by atoms with Crippen LogP contribution in [0.15, 0.2) is 206 Å². The Hall–Kier alpha value is -7.66. The Kier molecular flexibility index (Phi) is 7.40. The van der Waals surface area contributed by atoms with Crippen molar-refractivity contribution < 1.29 is 8.22 Å². The molecule has 0 unspecified atom stereocenters. The Morgan fingerprint density at radius 3 is 1.95 bits per heavy atom. The number of para-hydroxylation sites is 1. The molecule has 0 atom stereocenters. The van der Waals surface area contributed by atoms with Crippen molar-refractivity contribution in [3.8, 4) is 73.0 Å². The van der Waals surface area contributed by atoms with Crippen LogP contribution in [-0.4, -0.2) is 14.5 Å². The highest BCUT2D eigenvalue weighted by molar-refractivity contribution is 7.26. The summed E-state index contributed by atoms with van der Waals surface area (Å²) in [6.45, 7) is 0. The maximum atomic E-state index is 9.72. The Morgan fingerprint density at radius 2 is 1.16 bits per heavy atom. The molecular formula is C58H39N3S. The van der Waals surface area contributed by atoms with E-state index >= 15 is 0 Å². The van der Waals surface area contributed by atoms with Gasteiger partial charge in [0, 0.05) is 64.6 Å². The zero-order valence-corrected chi connectivity index (χ0v) is 34.2. The zero-order chi connectivity index (χ0) is 46.2. The molecule has 62 heavy (non-hydrogen) atoms. The molecule has 292 valence electrons. The average Bonchev–Trinajstić information content (AvgIpc) is 3.95. The summed E-state index contributed by atoms with van der Waals surface area (Å²) in [5.41, 5.74) is 13.3. The van der Waals surface area contributed by atoms with E-state index < -0.39 is 0 Å². The summed E-state index contributed by atoms with van der Waals surface area (Å²) in [7, 11) is 0. The summed E-state index contributed by atoms with van der Waals surface area (Å²) in [5, 5.41) is 1.72. The van der Waals surface area contributed by atoms with Gasteiger partial charge in [-0.15, -0.1) is 11.3 Å². The molecule has 0 aliphatic heterocycles. The van der Waals surface area contributed by atoms with Gasteiger partial charge in [0.2, 0.25) is 0 Å². The van der Waals surface area contributed by atoms with Crippen molar-refractivity contribution in [2.24, 2.45) is 0 Å². The number of hydrogen-bond donors (Lipinski definition) is 0. The first-order valence-corrected chi connectivity index (χ1v) is 21.6. The van der Waals surface area contributed by atoms with E-state index in [-0.39, 0.29) is 36.3 Å². The molecule has 0 N–H and O–H groups in total. The summed E-state index contributed by atoms with van der Waals surface area (Å²) in [5.74, 6) is 0.542. The van der Waals surface area contributed by atoms with Crippen LogP contribution in [0.4, 0.5) is 0 Å². The van der Waals surface area contributed by atoms with E-state index in [1.165, 1.54) is 17.4 Å². The fourth-order valence-electron chi connectivity index (χ4n) is 8.93. The molecule has 0 saturated heterocycles. The number of nitrogens with zero attached hydrogens (tertiary/aromatic N) is 3. The van der Waals surface area contributed by atoms with Gasteiger partial charge in [-0.3, -0.25) is 0 Å². The first-order chi connectivity index (χ1) is 33.2. The third kappa shape index (κ3) is 6.27. The molecule has 0 fully saturated rings. The van der Waals surface area contributed by atoms with Gasteiger partial charge in [-0.2, -0.15) is 0 Å². The van der Waals surface area contributed by atoms with E-state index in [1.54, 1.807) is 0 Å². The molecule has 8 aromatic carbocycles. The Labute approximate surface area is 373 Å². The van der Waals surface area contributed by atoms with Crippen molar-refractivity contribution in [3.05, 3.63) is 217 Å². The van der Waals surface area contributed by atoms with Crippen LogP contribution in [0.2, 0.25) is 0 Å². The molecule has 11 aromatic rings. The summed E-state index contributed by atoms with van der Waals surface area (Å²) >= 11 is 1.25. The van der Waals surface area contributed by atoms with E-state index in [9.17, 15) is 4.11 Å². The minimum absolute atomic E-state index is 0.0746. The van der Waals surface area contributed by atoms with E-state index in [0.717, 1.165) is 85.3 Å². The monoisotopic (exact) mass is 815 g/mol. The molecule has 3 heterocycles. The topological polar surface area (TPSA) is 30.7 Å². The van der Waals surface area contributed by atoms with Crippen LogP contribution in [0, 0.1) is 0 Å². The van der Waals surface area contributed by atoms with Crippen LogP contribution in [0.5, 0.6) is 0 Å². The molecule has 12 rings (SSSR count). The molecule has 0 amide bonds. The molecule has 4 heteroatoms. The lowest BCUT2D eigenvalue weighted by Crippen LogP contribution is -2.05. The maximum Gasteiger partial charge on any atom is 0.160 e. The number of allylic oxidation sites excluding steroid dienone is 1. The normalized spacial score (nSPS) is 13.7. The lowest BCUT2D eigenvalue weighted by atomic mass is 9.96. The second-order valence-electron chi connectivity index (χ2n) is 15.6. The highest BCUT2D eigenvalue weighted by atomic mass is 32.1. The van der Waals surface area contributed by atoms with Gasteiger partial charge in [0.05, 0.1) is 30.8 Å². The summed E-state index contributed by atoms with van der Waals surface area (Å²) in [4.78, 5) is 10.6. The zero-order valence-electron chi connectivity index (χ0n) is 39.4. The lowest BCUT2D eigenvalue weighted by molar-refractivity contribution is 0.889. The summed E-state index contributed by atoms with van der Waals surface area (Å²) < 4.78 is 58.0. The van der Waals surface area contributed by atoms with Gasteiger partial charge in [0.25, 0.3) is 0 Å².